The first-order valence-corrected chi connectivity index (χ1v) is 8.26. The standard InChI is InChI=1S/C19H26O2/c1-13-4-11-17(18(20)12-13)19(2,3)14-5-7-15(8-6-14)21-16-9-10-16/h5-8,13,16-17H,4,9-12H2,1-3H3. The first kappa shape index (κ1) is 14.6. The SMILES string of the molecule is CC1CCC(C(C)(C)c2ccc(OC3CC3)cc2)C(=O)C1. The summed E-state index contributed by atoms with van der Waals surface area (Å²) in [5.74, 6) is 2.11. The van der Waals surface area contributed by atoms with Crippen LogP contribution in [0.15, 0.2) is 24.3 Å². The molecule has 1 aromatic carbocycles. The zero-order chi connectivity index (χ0) is 15.0. The smallest absolute Gasteiger partial charge is 0.137 e. The van der Waals surface area contributed by atoms with Crippen LogP contribution in [0.3, 0.4) is 0 Å². The van der Waals surface area contributed by atoms with Crippen LogP contribution in [0.25, 0.3) is 0 Å². The monoisotopic (exact) mass is 286 g/mol. The van der Waals surface area contributed by atoms with Gasteiger partial charge in [0.2, 0.25) is 0 Å². The van der Waals surface area contributed by atoms with E-state index in [4.69, 9.17) is 4.74 Å². The minimum atomic E-state index is -0.0880. The molecule has 2 saturated carbocycles. The Bertz CT molecular complexity index is 511. The molecule has 0 spiro atoms. The Morgan fingerprint density at radius 2 is 1.71 bits per heavy atom. The van der Waals surface area contributed by atoms with Gasteiger partial charge >= 0.3 is 0 Å². The van der Waals surface area contributed by atoms with E-state index >= 15 is 0 Å². The van der Waals surface area contributed by atoms with Crippen molar-refractivity contribution in [3.63, 3.8) is 0 Å². The van der Waals surface area contributed by atoms with Crippen LogP contribution in [0, 0.1) is 11.8 Å². The van der Waals surface area contributed by atoms with Crippen molar-refractivity contribution >= 4 is 5.78 Å². The molecule has 0 heterocycles. The van der Waals surface area contributed by atoms with Gasteiger partial charge in [-0.15, -0.1) is 0 Å². The number of rotatable bonds is 4. The molecule has 2 aliphatic rings. The number of hydrogen-bond acceptors (Lipinski definition) is 2. The maximum Gasteiger partial charge on any atom is 0.137 e. The highest BCUT2D eigenvalue weighted by Gasteiger charge is 2.39. The van der Waals surface area contributed by atoms with Crippen molar-refractivity contribution in [1.29, 1.82) is 0 Å². The highest BCUT2D eigenvalue weighted by atomic mass is 16.5. The van der Waals surface area contributed by atoms with Gasteiger partial charge in [-0.2, -0.15) is 0 Å². The van der Waals surface area contributed by atoms with Gasteiger partial charge in [-0.3, -0.25) is 4.79 Å². The molecule has 0 bridgehead atoms. The molecule has 0 aromatic heterocycles. The Morgan fingerprint density at radius 1 is 1.05 bits per heavy atom. The summed E-state index contributed by atoms with van der Waals surface area (Å²) < 4.78 is 5.81. The second kappa shape index (κ2) is 5.47. The Kier molecular flexibility index (Phi) is 3.81. The molecule has 2 unspecified atom stereocenters. The first-order valence-electron chi connectivity index (χ1n) is 8.26. The van der Waals surface area contributed by atoms with Gasteiger partial charge in [0.25, 0.3) is 0 Å². The van der Waals surface area contributed by atoms with Crippen molar-refractivity contribution in [2.75, 3.05) is 0 Å². The average Bonchev–Trinajstić information content (AvgIpc) is 3.23. The molecule has 0 N–H and O–H groups in total. The summed E-state index contributed by atoms with van der Waals surface area (Å²) in [6.07, 6.45) is 5.74. The van der Waals surface area contributed by atoms with Gasteiger partial charge in [-0.25, -0.2) is 0 Å². The van der Waals surface area contributed by atoms with Gasteiger partial charge in [-0.1, -0.05) is 32.9 Å². The lowest BCUT2D eigenvalue weighted by atomic mass is 9.65. The molecule has 21 heavy (non-hydrogen) atoms. The van der Waals surface area contributed by atoms with E-state index in [0.29, 0.717) is 17.8 Å². The molecule has 0 aliphatic heterocycles. The summed E-state index contributed by atoms with van der Waals surface area (Å²) in [5.41, 5.74) is 1.16. The van der Waals surface area contributed by atoms with Crippen LogP contribution < -0.4 is 4.74 Å². The van der Waals surface area contributed by atoms with E-state index in [2.05, 4.69) is 45.0 Å². The van der Waals surface area contributed by atoms with E-state index in [1.54, 1.807) is 0 Å². The zero-order valence-electron chi connectivity index (χ0n) is 13.4. The minimum absolute atomic E-state index is 0.0880. The molecule has 0 amide bonds. The average molecular weight is 286 g/mol. The van der Waals surface area contributed by atoms with Crippen LogP contribution in [0.2, 0.25) is 0 Å². The second-order valence-corrected chi connectivity index (χ2v) is 7.47. The van der Waals surface area contributed by atoms with E-state index < -0.39 is 0 Å². The molecule has 2 nitrogen and oxygen atoms in total. The van der Waals surface area contributed by atoms with Gasteiger partial charge in [-0.05, 0) is 54.7 Å². The number of carbonyl (C=O) groups excluding carboxylic acids is 1. The van der Waals surface area contributed by atoms with E-state index in [-0.39, 0.29) is 11.3 Å². The van der Waals surface area contributed by atoms with Gasteiger partial charge < -0.3 is 4.74 Å². The number of ketones is 1. The summed E-state index contributed by atoms with van der Waals surface area (Å²) in [6.45, 7) is 6.61. The Balaban J connectivity index is 1.75. The van der Waals surface area contributed by atoms with E-state index in [1.807, 2.05) is 0 Å². The third kappa shape index (κ3) is 3.14. The van der Waals surface area contributed by atoms with Crippen LogP contribution in [0.1, 0.15) is 58.4 Å². The topological polar surface area (TPSA) is 26.3 Å². The summed E-state index contributed by atoms with van der Waals surface area (Å²) in [7, 11) is 0. The summed E-state index contributed by atoms with van der Waals surface area (Å²) in [4.78, 5) is 12.4. The van der Waals surface area contributed by atoms with Crippen molar-refractivity contribution in [2.24, 2.45) is 11.8 Å². The molecule has 2 atom stereocenters. The number of ether oxygens (including phenoxy) is 1. The fourth-order valence-electron chi connectivity index (χ4n) is 3.51. The third-order valence-electron chi connectivity index (χ3n) is 5.18. The molecular weight excluding hydrogens is 260 g/mol. The van der Waals surface area contributed by atoms with Crippen LogP contribution >= 0.6 is 0 Å². The third-order valence-corrected chi connectivity index (χ3v) is 5.18. The lowest BCUT2D eigenvalue weighted by Gasteiger charge is -2.38. The molecule has 114 valence electrons. The Hall–Kier alpha value is -1.31. The van der Waals surface area contributed by atoms with E-state index in [1.165, 1.54) is 24.8 Å². The summed E-state index contributed by atoms with van der Waals surface area (Å²) in [6, 6.07) is 8.41. The molecule has 2 aliphatic carbocycles. The summed E-state index contributed by atoms with van der Waals surface area (Å²) in [5, 5.41) is 0. The van der Waals surface area contributed by atoms with Crippen molar-refractivity contribution in [2.45, 2.75) is 64.4 Å². The molecule has 2 heteroatoms. The summed E-state index contributed by atoms with van der Waals surface area (Å²) >= 11 is 0. The van der Waals surface area contributed by atoms with E-state index in [9.17, 15) is 4.79 Å². The Morgan fingerprint density at radius 3 is 2.29 bits per heavy atom. The van der Waals surface area contributed by atoms with Crippen molar-refractivity contribution in [1.82, 2.24) is 0 Å². The Labute approximate surface area is 127 Å². The molecular formula is C19H26O2. The first-order chi connectivity index (χ1) is 9.96. The van der Waals surface area contributed by atoms with E-state index in [0.717, 1.165) is 18.6 Å². The number of benzene rings is 1. The van der Waals surface area contributed by atoms with Gasteiger partial charge in [0.1, 0.15) is 11.5 Å². The predicted octanol–water partition coefficient (Wildman–Crippen LogP) is 4.51. The fourth-order valence-corrected chi connectivity index (χ4v) is 3.51. The highest BCUT2D eigenvalue weighted by Crippen LogP contribution is 2.40. The van der Waals surface area contributed by atoms with Gasteiger partial charge in [0.15, 0.2) is 0 Å². The van der Waals surface area contributed by atoms with Crippen molar-refractivity contribution in [3.05, 3.63) is 29.8 Å². The number of carbonyl (C=O) groups is 1. The molecule has 0 saturated heterocycles. The van der Waals surface area contributed by atoms with Crippen LogP contribution in [-0.4, -0.2) is 11.9 Å². The molecule has 3 rings (SSSR count). The van der Waals surface area contributed by atoms with Crippen molar-refractivity contribution in [3.8, 4) is 5.75 Å². The molecule has 1 aromatic rings. The largest absolute Gasteiger partial charge is 0.490 e. The molecule has 0 radical (unpaired) electrons. The maximum atomic E-state index is 12.4. The minimum Gasteiger partial charge on any atom is -0.490 e. The van der Waals surface area contributed by atoms with Crippen LogP contribution in [0.5, 0.6) is 5.75 Å². The second-order valence-electron chi connectivity index (χ2n) is 7.47. The predicted molar refractivity (Wildman–Crippen MR) is 84.6 cm³/mol. The fraction of sp³-hybridized carbons (Fsp3) is 0.632. The normalized spacial score (nSPS) is 26.7. The lowest BCUT2D eigenvalue weighted by molar-refractivity contribution is -0.128. The maximum absolute atomic E-state index is 12.4. The molecule has 2 fully saturated rings. The van der Waals surface area contributed by atoms with Crippen LogP contribution in [0.4, 0.5) is 0 Å². The van der Waals surface area contributed by atoms with Crippen LogP contribution in [-0.2, 0) is 10.2 Å². The quantitative estimate of drug-likeness (QED) is 0.814. The number of hydrogen-bond donors (Lipinski definition) is 0. The zero-order valence-corrected chi connectivity index (χ0v) is 13.4. The highest BCUT2D eigenvalue weighted by molar-refractivity contribution is 5.83. The lowest BCUT2D eigenvalue weighted by Crippen LogP contribution is -2.38. The van der Waals surface area contributed by atoms with Gasteiger partial charge in [0.05, 0.1) is 6.10 Å². The number of Topliss-reactive ketones (excluding diaryl/α,β-unsaturated/α-hetero) is 1. The van der Waals surface area contributed by atoms with Crippen molar-refractivity contribution < 1.29 is 9.53 Å². The van der Waals surface area contributed by atoms with Gasteiger partial charge in [0, 0.05) is 12.3 Å².